The predicted octanol–water partition coefficient (Wildman–Crippen LogP) is 0.570. The highest BCUT2D eigenvalue weighted by molar-refractivity contribution is 5.93. The molecule has 0 bridgehead atoms. The topological polar surface area (TPSA) is 92.5 Å². The van der Waals surface area contributed by atoms with Crippen LogP contribution >= 0.6 is 0 Å². The maximum Gasteiger partial charge on any atom is 0.249 e. The van der Waals surface area contributed by atoms with Crippen LogP contribution in [0.25, 0.3) is 0 Å². The molecule has 2 atom stereocenters. The summed E-state index contributed by atoms with van der Waals surface area (Å²) in [5.74, 6) is -1.05. The van der Waals surface area contributed by atoms with E-state index >= 15 is 0 Å². The van der Waals surface area contributed by atoms with E-state index in [1.807, 2.05) is 20.8 Å². The molecule has 0 saturated carbocycles. The zero-order valence-electron chi connectivity index (χ0n) is 13.0. The van der Waals surface area contributed by atoms with Crippen molar-refractivity contribution in [3.63, 3.8) is 0 Å². The molecular formula is C15H25N3O3. The van der Waals surface area contributed by atoms with Gasteiger partial charge >= 0.3 is 0 Å². The highest BCUT2D eigenvalue weighted by Gasteiger charge is 2.35. The Hall–Kier alpha value is -1.85. The van der Waals surface area contributed by atoms with Gasteiger partial charge < -0.3 is 16.0 Å². The molecule has 3 amide bonds. The number of primary amides is 1. The maximum absolute atomic E-state index is 12.4. The summed E-state index contributed by atoms with van der Waals surface area (Å²) in [5.41, 5.74) is 5.14. The molecule has 0 aliphatic carbocycles. The fraction of sp³-hybridized carbons (Fsp3) is 0.667. The first kappa shape index (κ1) is 17.2. The van der Waals surface area contributed by atoms with Gasteiger partial charge in [-0.15, -0.1) is 6.58 Å². The van der Waals surface area contributed by atoms with E-state index in [2.05, 4.69) is 11.9 Å². The third-order valence-corrected chi connectivity index (χ3v) is 3.37. The van der Waals surface area contributed by atoms with Gasteiger partial charge in [-0.25, -0.2) is 0 Å². The van der Waals surface area contributed by atoms with Crippen LogP contribution in [0.3, 0.4) is 0 Å². The van der Waals surface area contributed by atoms with E-state index in [0.29, 0.717) is 19.4 Å². The quantitative estimate of drug-likeness (QED) is 0.726. The van der Waals surface area contributed by atoms with E-state index < -0.39 is 18.0 Å². The third-order valence-electron chi connectivity index (χ3n) is 3.37. The minimum atomic E-state index is -0.820. The Morgan fingerprint density at radius 3 is 2.52 bits per heavy atom. The van der Waals surface area contributed by atoms with Crippen molar-refractivity contribution in [1.82, 2.24) is 10.2 Å². The molecule has 1 heterocycles. The van der Waals surface area contributed by atoms with Crippen molar-refractivity contribution < 1.29 is 14.4 Å². The van der Waals surface area contributed by atoms with Gasteiger partial charge in [0.15, 0.2) is 0 Å². The number of likely N-dealkylation sites (tertiary alicyclic amines) is 1. The molecule has 0 unspecified atom stereocenters. The normalized spacial score (nSPS) is 20.0. The summed E-state index contributed by atoms with van der Waals surface area (Å²) in [5, 5.41) is 2.66. The number of carbonyl (C=O) groups excluding carboxylic acids is 3. The average molecular weight is 295 g/mol. The monoisotopic (exact) mass is 295 g/mol. The van der Waals surface area contributed by atoms with Gasteiger partial charge in [0, 0.05) is 13.0 Å². The van der Waals surface area contributed by atoms with Crippen LogP contribution in [-0.2, 0) is 14.4 Å². The van der Waals surface area contributed by atoms with Crippen LogP contribution in [-0.4, -0.2) is 41.2 Å². The molecule has 21 heavy (non-hydrogen) atoms. The molecule has 1 aliphatic rings. The predicted molar refractivity (Wildman–Crippen MR) is 80.1 cm³/mol. The maximum atomic E-state index is 12.4. The van der Waals surface area contributed by atoms with E-state index in [9.17, 15) is 14.4 Å². The van der Waals surface area contributed by atoms with E-state index in [4.69, 9.17) is 5.73 Å². The minimum Gasteiger partial charge on any atom is -0.368 e. The molecule has 118 valence electrons. The molecule has 1 rings (SSSR count). The van der Waals surface area contributed by atoms with Gasteiger partial charge in [0.1, 0.15) is 12.1 Å². The summed E-state index contributed by atoms with van der Waals surface area (Å²) in [4.78, 5) is 37.2. The molecule has 0 aromatic rings. The van der Waals surface area contributed by atoms with Crippen molar-refractivity contribution >= 4 is 17.7 Å². The van der Waals surface area contributed by atoms with Crippen LogP contribution in [0.1, 0.15) is 40.0 Å². The van der Waals surface area contributed by atoms with Crippen molar-refractivity contribution in [3.8, 4) is 0 Å². The Bertz CT molecular complexity index is 440. The highest BCUT2D eigenvalue weighted by atomic mass is 16.2. The number of nitrogens with one attached hydrogen (secondary N) is 1. The molecule has 1 saturated heterocycles. The van der Waals surface area contributed by atoms with Gasteiger partial charge in [-0.05, 0) is 18.3 Å². The molecular weight excluding hydrogens is 270 g/mol. The van der Waals surface area contributed by atoms with Crippen molar-refractivity contribution in [2.75, 3.05) is 6.54 Å². The summed E-state index contributed by atoms with van der Waals surface area (Å²) >= 11 is 0. The van der Waals surface area contributed by atoms with Gasteiger partial charge in [0.25, 0.3) is 0 Å². The Morgan fingerprint density at radius 1 is 1.43 bits per heavy atom. The first-order chi connectivity index (χ1) is 9.65. The van der Waals surface area contributed by atoms with Crippen LogP contribution in [0.5, 0.6) is 0 Å². The largest absolute Gasteiger partial charge is 0.368 e. The van der Waals surface area contributed by atoms with Crippen LogP contribution in [0.4, 0.5) is 0 Å². The lowest BCUT2D eigenvalue weighted by atomic mass is 9.92. The first-order valence-electron chi connectivity index (χ1n) is 7.17. The summed E-state index contributed by atoms with van der Waals surface area (Å²) < 4.78 is 0. The summed E-state index contributed by atoms with van der Waals surface area (Å²) in [6.07, 6.45) is 3.00. The fourth-order valence-electron chi connectivity index (χ4n) is 2.43. The second kappa shape index (κ2) is 6.74. The molecule has 0 aromatic carbocycles. The third kappa shape index (κ3) is 4.88. The van der Waals surface area contributed by atoms with Gasteiger partial charge in [-0.1, -0.05) is 26.8 Å². The van der Waals surface area contributed by atoms with Gasteiger partial charge in [0.05, 0.1) is 0 Å². The van der Waals surface area contributed by atoms with E-state index in [1.54, 1.807) is 0 Å². The molecule has 6 nitrogen and oxygen atoms in total. The number of carbonyl (C=O) groups is 3. The van der Waals surface area contributed by atoms with Gasteiger partial charge in [0.2, 0.25) is 17.7 Å². The Balaban J connectivity index is 2.71. The standard InChI is InChI=1S/C15H25N3O3/c1-5-10(17-12(19)9-15(2,3)4)14(21)18-8-6-7-11(18)13(16)20/h5,10-11H,1,6-9H2,2-4H3,(H2,16,20)(H,17,19)/t10-,11-/m0/s1. The molecule has 6 heteroatoms. The summed E-state index contributed by atoms with van der Waals surface area (Å²) in [7, 11) is 0. The zero-order chi connectivity index (χ0) is 16.2. The van der Waals surface area contributed by atoms with Crippen LogP contribution in [0.2, 0.25) is 0 Å². The van der Waals surface area contributed by atoms with Crippen molar-refractivity contribution in [3.05, 3.63) is 12.7 Å². The van der Waals surface area contributed by atoms with Gasteiger partial charge in [-0.2, -0.15) is 0 Å². The first-order valence-corrected chi connectivity index (χ1v) is 7.17. The molecule has 0 radical (unpaired) electrons. The second-order valence-electron chi connectivity index (χ2n) is 6.61. The Morgan fingerprint density at radius 2 is 2.05 bits per heavy atom. The summed E-state index contributed by atoms with van der Waals surface area (Å²) in [6.45, 7) is 9.91. The van der Waals surface area contributed by atoms with Crippen LogP contribution in [0.15, 0.2) is 12.7 Å². The lowest BCUT2D eigenvalue weighted by Gasteiger charge is -2.27. The van der Waals surface area contributed by atoms with E-state index in [0.717, 1.165) is 6.42 Å². The van der Waals surface area contributed by atoms with Crippen molar-refractivity contribution in [2.45, 2.75) is 52.1 Å². The molecule has 3 N–H and O–H groups in total. The van der Waals surface area contributed by atoms with E-state index in [1.165, 1.54) is 11.0 Å². The highest BCUT2D eigenvalue weighted by Crippen LogP contribution is 2.20. The Labute approximate surface area is 125 Å². The number of hydrogen-bond donors (Lipinski definition) is 2. The van der Waals surface area contributed by atoms with Crippen LogP contribution < -0.4 is 11.1 Å². The SMILES string of the molecule is C=C[C@H](NC(=O)CC(C)(C)C)C(=O)N1CCC[C@H]1C(N)=O. The smallest absolute Gasteiger partial charge is 0.249 e. The Kier molecular flexibility index (Phi) is 5.52. The molecule has 1 fully saturated rings. The average Bonchev–Trinajstić information content (AvgIpc) is 2.82. The van der Waals surface area contributed by atoms with Crippen molar-refractivity contribution in [2.24, 2.45) is 11.1 Å². The van der Waals surface area contributed by atoms with Crippen molar-refractivity contribution in [1.29, 1.82) is 0 Å². The number of amides is 3. The molecule has 0 spiro atoms. The zero-order valence-corrected chi connectivity index (χ0v) is 13.0. The molecule has 1 aliphatic heterocycles. The lowest BCUT2D eigenvalue weighted by Crippen LogP contribution is -2.52. The molecule has 0 aromatic heterocycles. The number of nitrogens with two attached hydrogens (primary N) is 1. The number of nitrogens with zero attached hydrogens (tertiary/aromatic N) is 1. The second-order valence-corrected chi connectivity index (χ2v) is 6.61. The fourth-order valence-corrected chi connectivity index (χ4v) is 2.43. The van der Waals surface area contributed by atoms with E-state index in [-0.39, 0.29) is 17.2 Å². The lowest BCUT2D eigenvalue weighted by molar-refractivity contribution is -0.139. The van der Waals surface area contributed by atoms with Crippen LogP contribution in [0, 0.1) is 5.41 Å². The van der Waals surface area contributed by atoms with Gasteiger partial charge in [-0.3, -0.25) is 14.4 Å². The number of rotatable bonds is 5. The summed E-state index contributed by atoms with van der Waals surface area (Å²) in [6, 6.07) is -1.40. The number of hydrogen-bond acceptors (Lipinski definition) is 3. The minimum absolute atomic E-state index is 0.164.